The van der Waals surface area contributed by atoms with Crippen LogP contribution in [0, 0.1) is 0 Å². The molecule has 29 heavy (non-hydrogen) atoms. The number of nitrogens with one attached hydrogen (secondary N) is 1. The van der Waals surface area contributed by atoms with Gasteiger partial charge in [-0.1, -0.05) is 39.0 Å². The fraction of sp³-hybridized carbons (Fsp3) is 0.381. The van der Waals surface area contributed by atoms with Crippen LogP contribution in [0.5, 0.6) is 11.5 Å². The Morgan fingerprint density at radius 3 is 2.52 bits per heavy atom. The lowest BCUT2D eigenvalue weighted by Crippen LogP contribution is -2.48. The number of nitrogens with zero attached hydrogens (tertiary/aromatic N) is 1. The minimum atomic E-state index is -3.61. The zero-order valence-corrected chi connectivity index (χ0v) is 18.0. The van der Waals surface area contributed by atoms with Gasteiger partial charge >= 0.3 is 0 Å². The minimum absolute atomic E-state index is 0.111. The largest absolute Gasteiger partial charge is 0.495 e. The van der Waals surface area contributed by atoms with E-state index in [1.807, 2.05) is 32.9 Å². The molecule has 1 aliphatic heterocycles. The van der Waals surface area contributed by atoms with Crippen molar-refractivity contribution in [1.29, 1.82) is 0 Å². The van der Waals surface area contributed by atoms with Crippen molar-refractivity contribution in [3.8, 4) is 11.5 Å². The van der Waals surface area contributed by atoms with Gasteiger partial charge in [-0.3, -0.25) is 9.10 Å². The summed E-state index contributed by atoms with van der Waals surface area (Å²) in [7, 11) is -2.09. The molecule has 8 heteroatoms. The zero-order chi connectivity index (χ0) is 21.4. The zero-order valence-electron chi connectivity index (χ0n) is 17.2. The van der Waals surface area contributed by atoms with Crippen molar-refractivity contribution in [1.82, 2.24) is 0 Å². The van der Waals surface area contributed by atoms with E-state index in [1.54, 1.807) is 30.3 Å². The van der Waals surface area contributed by atoms with Crippen molar-refractivity contribution in [2.45, 2.75) is 32.3 Å². The number of hydrogen-bond donors (Lipinski definition) is 1. The highest BCUT2D eigenvalue weighted by molar-refractivity contribution is 7.92. The summed E-state index contributed by atoms with van der Waals surface area (Å²) in [5.74, 6) is 0.412. The molecule has 0 saturated carbocycles. The molecule has 1 aliphatic rings. The first-order valence-electron chi connectivity index (χ1n) is 9.23. The Hall–Kier alpha value is -2.74. The van der Waals surface area contributed by atoms with Gasteiger partial charge in [-0.15, -0.1) is 0 Å². The first-order chi connectivity index (χ1) is 13.5. The Morgan fingerprint density at radius 1 is 1.21 bits per heavy atom. The third-order valence-electron chi connectivity index (χ3n) is 4.75. The number of anilines is 2. The first-order valence-corrected chi connectivity index (χ1v) is 11.1. The molecule has 2 aromatic carbocycles. The number of ether oxygens (including phenoxy) is 2. The Morgan fingerprint density at radius 2 is 1.90 bits per heavy atom. The van der Waals surface area contributed by atoms with Crippen molar-refractivity contribution >= 4 is 27.3 Å². The second-order valence-electron chi connectivity index (χ2n) is 8.02. The van der Waals surface area contributed by atoms with Crippen molar-refractivity contribution in [3.63, 3.8) is 0 Å². The van der Waals surface area contributed by atoms with Crippen LogP contribution in [0.15, 0.2) is 42.5 Å². The van der Waals surface area contributed by atoms with Gasteiger partial charge in [0.25, 0.3) is 5.91 Å². The van der Waals surface area contributed by atoms with E-state index < -0.39 is 22.0 Å². The number of benzene rings is 2. The molecular formula is C21H26N2O5S. The van der Waals surface area contributed by atoms with Gasteiger partial charge < -0.3 is 14.8 Å². The molecule has 7 nitrogen and oxygen atoms in total. The molecular weight excluding hydrogens is 392 g/mol. The third kappa shape index (κ3) is 4.48. The molecule has 0 fully saturated rings. The summed E-state index contributed by atoms with van der Waals surface area (Å²) in [6, 6.07) is 12.4. The van der Waals surface area contributed by atoms with E-state index in [0.717, 1.165) is 11.8 Å². The highest BCUT2D eigenvalue weighted by atomic mass is 32.2. The first kappa shape index (κ1) is 21.0. The van der Waals surface area contributed by atoms with Gasteiger partial charge in [-0.25, -0.2) is 8.42 Å². The Kier molecular flexibility index (Phi) is 5.49. The van der Waals surface area contributed by atoms with Gasteiger partial charge in [-0.05, 0) is 35.2 Å². The van der Waals surface area contributed by atoms with Gasteiger partial charge in [0.05, 0.1) is 31.3 Å². The number of carbonyl (C=O) groups is 1. The number of amides is 1. The fourth-order valence-electron chi connectivity index (χ4n) is 3.13. The Bertz CT molecular complexity index is 1030. The summed E-state index contributed by atoms with van der Waals surface area (Å²) in [5, 5.41) is 2.76. The van der Waals surface area contributed by atoms with Crippen LogP contribution < -0.4 is 19.1 Å². The molecule has 0 saturated heterocycles. The predicted octanol–water partition coefficient (Wildman–Crippen LogP) is 3.16. The molecule has 0 aromatic heterocycles. The second-order valence-corrected chi connectivity index (χ2v) is 9.93. The van der Waals surface area contributed by atoms with E-state index in [9.17, 15) is 13.2 Å². The molecule has 0 radical (unpaired) electrons. The lowest BCUT2D eigenvalue weighted by atomic mass is 9.86. The standard InChI is InChI=1S/C21H26N2O5S/c1-21(2,3)14-10-11-18-16(12-14)23(29(5,25)26)13-19(28-18)20(24)22-15-8-6-7-9-17(15)27-4/h6-12,19H,13H2,1-5H3,(H,22,24). The van der Waals surface area contributed by atoms with Crippen LogP contribution >= 0.6 is 0 Å². The van der Waals surface area contributed by atoms with Crippen LogP contribution in [0.1, 0.15) is 26.3 Å². The van der Waals surface area contributed by atoms with Crippen LogP contribution in [0.3, 0.4) is 0 Å². The van der Waals surface area contributed by atoms with Gasteiger partial charge in [0.1, 0.15) is 11.5 Å². The summed E-state index contributed by atoms with van der Waals surface area (Å²) >= 11 is 0. The van der Waals surface area contributed by atoms with E-state index in [-0.39, 0.29) is 12.0 Å². The third-order valence-corrected chi connectivity index (χ3v) is 5.90. The molecule has 0 aliphatic carbocycles. The van der Waals surface area contributed by atoms with Crippen LogP contribution in [-0.4, -0.2) is 40.3 Å². The number of carbonyl (C=O) groups excluding carboxylic acids is 1. The molecule has 2 aromatic rings. The van der Waals surface area contributed by atoms with Crippen molar-refractivity contribution in [3.05, 3.63) is 48.0 Å². The quantitative estimate of drug-likeness (QED) is 0.824. The highest BCUT2D eigenvalue weighted by Gasteiger charge is 2.36. The monoisotopic (exact) mass is 418 g/mol. The number of methoxy groups -OCH3 is 1. The van der Waals surface area contributed by atoms with Gasteiger partial charge in [-0.2, -0.15) is 0 Å². The SMILES string of the molecule is COc1ccccc1NC(=O)C1CN(S(C)(=O)=O)c2cc(C(C)(C)C)ccc2O1. The van der Waals surface area contributed by atoms with E-state index in [1.165, 1.54) is 11.4 Å². The van der Waals surface area contributed by atoms with Crippen molar-refractivity contribution < 1.29 is 22.7 Å². The highest BCUT2D eigenvalue weighted by Crippen LogP contribution is 2.38. The number of para-hydroxylation sites is 2. The molecule has 1 heterocycles. The van der Waals surface area contributed by atoms with E-state index in [4.69, 9.17) is 9.47 Å². The smallest absolute Gasteiger partial charge is 0.267 e. The average Bonchev–Trinajstić information content (AvgIpc) is 2.65. The second kappa shape index (κ2) is 7.59. The van der Waals surface area contributed by atoms with Gasteiger partial charge in [0, 0.05) is 0 Å². The molecule has 3 rings (SSSR count). The maximum atomic E-state index is 12.8. The molecule has 1 N–H and O–H groups in total. The number of fused-ring (bicyclic) bond motifs is 1. The molecule has 1 atom stereocenters. The van der Waals surface area contributed by atoms with Crippen LogP contribution in [0.4, 0.5) is 11.4 Å². The summed E-state index contributed by atoms with van der Waals surface area (Å²) in [4.78, 5) is 12.8. The van der Waals surface area contributed by atoms with E-state index in [2.05, 4.69) is 5.32 Å². The van der Waals surface area contributed by atoms with E-state index >= 15 is 0 Å². The summed E-state index contributed by atoms with van der Waals surface area (Å²) in [5.41, 5.74) is 1.76. The molecule has 156 valence electrons. The van der Waals surface area contributed by atoms with Crippen LogP contribution in [0.25, 0.3) is 0 Å². The molecule has 1 amide bonds. The number of hydrogen-bond acceptors (Lipinski definition) is 5. The lowest BCUT2D eigenvalue weighted by Gasteiger charge is -2.35. The normalized spacial score (nSPS) is 16.6. The topological polar surface area (TPSA) is 84.9 Å². The molecule has 0 bridgehead atoms. The number of rotatable bonds is 4. The van der Waals surface area contributed by atoms with Crippen molar-refractivity contribution in [2.75, 3.05) is 29.5 Å². The predicted molar refractivity (Wildman–Crippen MR) is 113 cm³/mol. The lowest BCUT2D eigenvalue weighted by molar-refractivity contribution is -0.122. The molecule has 1 unspecified atom stereocenters. The van der Waals surface area contributed by atoms with Crippen molar-refractivity contribution in [2.24, 2.45) is 0 Å². The average molecular weight is 419 g/mol. The van der Waals surface area contributed by atoms with Gasteiger partial charge in [0.2, 0.25) is 10.0 Å². The maximum absolute atomic E-state index is 12.8. The summed E-state index contributed by atoms with van der Waals surface area (Å²) in [6.45, 7) is 6.03. The fourth-order valence-corrected chi connectivity index (χ4v) is 4.04. The van der Waals surface area contributed by atoms with Crippen LogP contribution in [-0.2, 0) is 20.2 Å². The summed E-state index contributed by atoms with van der Waals surface area (Å²) < 4.78 is 37.3. The maximum Gasteiger partial charge on any atom is 0.267 e. The van der Waals surface area contributed by atoms with Crippen LogP contribution in [0.2, 0.25) is 0 Å². The minimum Gasteiger partial charge on any atom is -0.495 e. The Balaban J connectivity index is 1.93. The molecule has 0 spiro atoms. The number of sulfonamides is 1. The summed E-state index contributed by atoms with van der Waals surface area (Å²) in [6.07, 6.45) is 0.128. The van der Waals surface area contributed by atoms with Gasteiger partial charge in [0.15, 0.2) is 6.10 Å². The Labute approximate surface area is 171 Å². The van der Waals surface area contributed by atoms with E-state index in [0.29, 0.717) is 22.9 Å².